The van der Waals surface area contributed by atoms with Gasteiger partial charge in [0.25, 0.3) is 0 Å². The predicted octanol–water partition coefficient (Wildman–Crippen LogP) is 2.14. The van der Waals surface area contributed by atoms with Gasteiger partial charge in [0.2, 0.25) is 5.71 Å². The summed E-state index contributed by atoms with van der Waals surface area (Å²) in [4.78, 5) is -0.306. The largest absolute Gasteiger partial charge is 0.612 e. The van der Waals surface area contributed by atoms with Gasteiger partial charge in [-0.25, -0.2) is 0 Å². The standard InChI is InChI=1S/C10H12NO2/c1-8(2)10(11(12)13)9-6-4-3-5-7-9/h3-8H,1-2H3/q-1. The number of hydrogen-bond donors (Lipinski definition) is 0. The fourth-order valence-corrected chi connectivity index (χ4v) is 1.26. The molecule has 0 unspecified atom stereocenters. The summed E-state index contributed by atoms with van der Waals surface area (Å²) >= 11 is 0. The van der Waals surface area contributed by atoms with Crippen LogP contribution in [0.5, 0.6) is 0 Å². The summed E-state index contributed by atoms with van der Waals surface area (Å²) in [6.07, 6.45) is 0. The van der Waals surface area contributed by atoms with Crippen molar-refractivity contribution in [2.24, 2.45) is 5.92 Å². The quantitative estimate of drug-likeness (QED) is 0.395. The van der Waals surface area contributed by atoms with Crippen molar-refractivity contribution in [2.45, 2.75) is 13.8 Å². The number of rotatable bonds is 2. The maximum absolute atomic E-state index is 10.7. The smallest absolute Gasteiger partial charge is 0.208 e. The maximum Gasteiger partial charge on any atom is 0.208 e. The van der Waals surface area contributed by atoms with Gasteiger partial charge in [0, 0.05) is 11.5 Å². The molecule has 0 N–H and O–H groups in total. The van der Waals surface area contributed by atoms with Crippen LogP contribution in [0.2, 0.25) is 0 Å². The van der Waals surface area contributed by atoms with E-state index in [9.17, 15) is 10.4 Å². The molecule has 0 atom stereocenters. The highest BCUT2D eigenvalue weighted by molar-refractivity contribution is 5.98. The minimum absolute atomic E-state index is 0.0580. The van der Waals surface area contributed by atoms with E-state index in [0.717, 1.165) is 0 Å². The highest BCUT2D eigenvalue weighted by atomic mass is 16.8. The molecule has 0 aliphatic carbocycles. The molecular formula is C10H12NO2-. The molecule has 0 fully saturated rings. The molecule has 0 aliphatic heterocycles. The summed E-state index contributed by atoms with van der Waals surface area (Å²) in [6, 6.07) is 8.99. The van der Waals surface area contributed by atoms with Gasteiger partial charge in [0.15, 0.2) is 0 Å². The SMILES string of the molecule is CC(C)C(c1ccccc1)=[N+]([O-])[O-]. The highest BCUT2D eigenvalue weighted by Crippen LogP contribution is 2.08. The molecule has 0 radical (unpaired) electrons. The van der Waals surface area contributed by atoms with Gasteiger partial charge in [-0.15, -0.1) is 0 Å². The third-order valence-corrected chi connectivity index (χ3v) is 1.81. The van der Waals surface area contributed by atoms with Crippen LogP contribution >= 0.6 is 0 Å². The zero-order valence-corrected chi connectivity index (χ0v) is 7.73. The molecular weight excluding hydrogens is 166 g/mol. The molecule has 0 saturated carbocycles. The van der Waals surface area contributed by atoms with Crippen LogP contribution in [0, 0.1) is 16.3 Å². The van der Waals surface area contributed by atoms with Crippen LogP contribution in [0.4, 0.5) is 0 Å². The van der Waals surface area contributed by atoms with Gasteiger partial charge in [-0.1, -0.05) is 32.0 Å². The van der Waals surface area contributed by atoms with Crippen LogP contribution in [-0.2, 0) is 0 Å². The fraction of sp³-hybridized carbons (Fsp3) is 0.300. The third kappa shape index (κ3) is 2.21. The molecule has 0 saturated heterocycles. The predicted molar refractivity (Wildman–Crippen MR) is 52.4 cm³/mol. The molecule has 0 aromatic heterocycles. The Kier molecular flexibility index (Phi) is 2.90. The molecule has 0 bridgehead atoms. The van der Waals surface area contributed by atoms with Crippen LogP contribution in [0.3, 0.4) is 0 Å². The summed E-state index contributed by atoms with van der Waals surface area (Å²) < 4.78 is 0. The zero-order chi connectivity index (χ0) is 9.84. The van der Waals surface area contributed by atoms with Gasteiger partial charge >= 0.3 is 0 Å². The monoisotopic (exact) mass is 178 g/mol. The van der Waals surface area contributed by atoms with E-state index in [1.165, 1.54) is 0 Å². The first kappa shape index (κ1) is 9.58. The van der Waals surface area contributed by atoms with E-state index in [-0.39, 0.29) is 16.5 Å². The van der Waals surface area contributed by atoms with E-state index in [2.05, 4.69) is 0 Å². The van der Waals surface area contributed by atoms with Gasteiger partial charge in [-0.05, 0) is 12.1 Å². The number of hydrogen-bond acceptors (Lipinski definition) is 2. The zero-order valence-electron chi connectivity index (χ0n) is 7.73. The summed E-state index contributed by atoms with van der Waals surface area (Å²) in [5, 5.41) is 21.4. The molecule has 70 valence electrons. The Balaban J connectivity index is 3.12. The molecule has 13 heavy (non-hydrogen) atoms. The van der Waals surface area contributed by atoms with Gasteiger partial charge in [-0.2, -0.15) is 4.90 Å². The Morgan fingerprint density at radius 2 is 1.69 bits per heavy atom. The Morgan fingerprint density at radius 3 is 2.08 bits per heavy atom. The normalized spacial score (nSPS) is 10.1. The Bertz CT molecular complexity index is 300. The first-order valence-corrected chi connectivity index (χ1v) is 4.19. The first-order valence-electron chi connectivity index (χ1n) is 4.19. The fourth-order valence-electron chi connectivity index (χ4n) is 1.26. The Hall–Kier alpha value is -1.51. The molecule has 3 heteroatoms. The molecule has 0 spiro atoms. The maximum atomic E-state index is 10.7. The van der Waals surface area contributed by atoms with E-state index >= 15 is 0 Å². The average Bonchev–Trinajstić information content (AvgIpc) is 2.04. The van der Waals surface area contributed by atoms with Crippen LogP contribution < -0.4 is 0 Å². The minimum Gasteiger partial charge on any atom is -0.612 e. The second-order valence-corrected chi connectivity index (χ2v) is 3.16. The van der Waals surface area contributed by atoms with Crippen molar-refractivity contribution < 1.29 is 4.90 Å². The molecule has 1 aromatic rings. The second-order valence-electron chi connectivity index (χ2n) is 3.16. The molecule has 0 heterocycles. The van der Waals surface area contributed by atoms with E-state index in [1.807, 2.05) is 19.9 Å². The van der Waals surface area contributed by atoms with Crippen molar-refractivity contribution >= 4 is 5.71 Å². The lowest BCUT2D eigenvalue weighted by atomic mass is 10.0. The van der Waals surface area contributed by atoms with E-state index < -0.39 is 0 Å². The average molecular weight is 178 g/mol. The minimum atomic E-state index is -0.306. The third-order valence-electron chi connectivity index (χ3n) is 1.81. The van der Waals surface area contributed by atoms with Crippen molar-refractivity contribution in [3.63, 3.8) is 0 Å². The molecule has 1 aromatic carbocycles. The summed E-state index contributed by atoms with van der Waals surface area (Å²) in [5.41, 5.74) is 0.975. The number of benzene rings is 1. The van der Waals surface area contributed by atoms with E-state index in [0.29, 0.717) is 5.56 Å². The van der Waals surface area contributed by atoms with Crippen molar-refractivity contribution in [3.8, 4) is 0 Å². The summed E-state index contributed by atoms with van der Waals surface area (Å²) in [6.45, 7) is 3.65. The second kappa shape index (κ2) is 3.94. The summed E-state index contributed by atoms with van der Waals surface area (Å²) in [7, 11) is 0. The lowest BCUT2D eigenvalue weighted by Crippen LogP contribution is -2.18. The van der Waals surface area contributed by atoms with Crippen LogP contribution in [0.15, 0.2) is 30.3 Å². The van der Waals surface area contributed by atoms with Crippen molar-refractivity contribution in [1.82, 2.24) is 0 Å². The highest BCUT2D eigenvalue weighted by Gasteiger charge is 2.14. The number of nitrogens with zero attached hydrogens (tertiary/aromatic N) is 1. The lowest BCUT2D eigenvalue weighted by molar-refractivity contribution is -0.381. The lowest BCUT2D eigenvalue weighted by Gasteiger charge is -2.13. The topological polar surface area (TPSA) is 49.1 Å². The van der Waals surface area contributed by atoms with Crippen LogP contribution in [-0.4, -0.2) is 10.6 Å². The van der Waals surface area contributed by atoms with Crippen molar-refractivity contribution in [3.05, 3.63) is 46.3 Å². The van der Waals surface area contributed by atoms with Crippen LogP contribution in [0.1, 0.15) is 19.4 Å². The van der Waals surface area contributed by atoms with Crippen molar-refractivity contribution in [1.29, 1.82) is 0 Å². The molecule has 0 aliphatic rings. The first-order chi connectivity index (χ1) is 6.13. The summed E-state index contributed by atoms with van der Waals surface area (Å²) in [5.74, 6) is -0.0580. The van der Waals surface area contributed by atoms with Crippen molar-refractivity contribution in [2.75, 3.05) is 0 Å². The van der Waals surface area contributed by atoms with Gasteiger partial charge in [0.05, 0.1) is 0 Å². The van der Waals surface area contributed by atoms with E-state index in [1.54, 1.807) is 24.3 Å². The van der Waals surface area contributed by atoms with Gasteiger partial charge < -0.3 is 10.4 Å². The Morgan fingerprint density at radius 1 is 1.15 bits per heavy atom. The molecule has 0 amide bonds. The molecule has 3 nitrogen and oxygen atoms in total. The van der Waals surface area contributed by atoms with Gasteiger partial charge in [0.1, 0.15) is 0 Å². The van der Waals surface area contributed by atoms with Crippen LogP contribution in [0.25, 0.3) is 0 Å². The van der Waals surface area contributed by atoms with Gasteiger partial charge in [-0.3, -0.25) is 0 Å². The van der Waals surface area contributed by atoms with E-state index in [4.69, 9.17) is 0 Å². The Labute approximate surface area is 77.5 Å². The molecule has 1 rings (SSSR count).